The molecule has 0 atom stereocenters. The first-order valence-electron chi connectivity index (χ1n) is 4.33. The molecule has 1 aliphatic heterocycles. The monoisotopic (exact) mass is 180 g/mol. The van der Waals surface area contributed by atoms with Gasteiger partial charge in [-0.1, -0.05) is 0 Å². The van der Waals surface area contributed by atoms with Crippen molar-refractivity contribution in [2.45, 2.75) is 19.5 Å². The molecule has 5 heteroatoms. The molecule has 1 aromatic heterocycles. The Balaban J connectivity index is 2.39. The fraction of sp³-hybridized carbons (Fsp3) is 0.500. The van der Waals surface area contributed by atoms with Gasteiger partial charge in [-0.25, -0.2) is 4.98 Å². The molecule has 0 aliphatic carbocycles. The number of hydrogen-bond acceptors (Lipinski definition) is 3. The molecule has 1 aromatic rings. The van der Waals surface area contributed by atoms with E-state index in [1.54, 1.807) is 6.33 Å². The molecule has 0 saturated carbocycles. The Kier molecular flexibility index (Phi) is 2.02. The summed E-state index contributed by atoms with van der Waals surface area (Å²) in [4.78, 5) is 15.0. The van der Waals surface area contributed by atoms with Crippen LogP contribution in [0.15, 0.2) is 6.33 Å². The Bertz CT molecular complexity index is 331. The van der Waals surface area contributed by atoms with E-state index in [0.717, 1.165) is 25.2 Å². The number of rotatable bonds is 1. The van der Waals surface area contributed by atoms with Gasteiger partial charge in [0.15, 0.2) is 0 Å². The van der Waals surface area contributed by atoms with Gasteiger partial charge < -0.3 is 15.6 Å². The van der Waals surface area contributed by atoms with E-state index in [-0.39, 0.29) is 0 Å². The Hall–Kier alpha value is -1.36. The van der Waals surface area contributed by atoms with Gasteiger partial charge in [0.05, 0.1) is 12.0 Å². The zero-order valence-corrected chi connectivity index (χ0v) is 7.29. The number of nitrogens with two attached hydrogens (primary N) is 1. The van der Waals surface area contributed by atoms with Crippen molar-refractivity contribution in [2.24, 2.45) is 5.73 Å². The van der Waals surface area contributed by atoms with Gasteiger partial charge in [-0.2, -0.15) is 0 Å². The largest absolute Gasteiger partial charge is 0.364 e. The number of amides is 1. The van der Waals surface area contributed by atoms with E-state index in [1.165, 1.54) is 0 Å². The van der Waals surface area contributed by atoms with Crippen molar-refractivity contribution in [2.75, 3.05) is 6.54 Å². The first-order chi connectivity index (χ1) is 6.29. The lowest BCUT2D eigenvalue weighted by molar-refractivity contribution is 0.0995. The molecule has 13 heavy (non-hydrogen) atoms. The van der Waals surface area contributed by atoms with Crippen LogP contribution in [0.3, 0.4) is 0 Å². The molecule has 0 spiro atoms. The highest BCUT2D eigenvalue weighted by Gasteiger charge is 2.16. The highest BCUT2D eigenvalue weighted by atomic mass is 16.1. The van der Waals surface area contributed by atoms with Crippen LogP contribution in [0.4, 0.5) is 0 Å². The van der Waals surface area contributed by atoms with Crippen molar-refractivity contribution in [3.63, 3.8) is 0 Å². The maximum absolute atomic E-state index is 11.0. The summed E-state index contributed by atoms with van der Waals surface area (Å²) in [5.74, 6) is -0.447. The fourth-order valence-electron chi connectivity index (χ4n) is 1.57. The first-order valence-corrected chi connectivity index (χ1v) is 4.33. The minimum atomic E-state index is -0.447. The number of primary amides is 1. The van der Waals surface area contributed by atoms with Crippen LogP contribution in [-0.2, 0) is 13.1 Å². The summed E-state index contributed by atoms with van der Waals surface area (Å²) in [7, 11) is 0. The minimum absolute atomic E-state index is 0.398. The van der Waals surface area contributed by atoms with Gasteiger partial charge in [-0.3, -0.25) is 4.79 Å². The van der Waals surface area contributed by atoms with Crippen LogP contribution < -0.4 is 11.1 Å². The molecule has 70 valence electrons. The van der Waals surface area contributed by atoms with Crippen LogP contribution in [-0.4, -0.2) is 22.0 Å². The molecule has 2 heterocycles. The lowest BCUT2D eigenvalue weighted by Crippen LogP contribution is -2.18. The molecular formula is C8H12N4O. The predicted molar refractivity (Wildman–Crippen MR) is 47.1 cm³/mol. The van der Waals surface area contributed by atoms with Gasteiger partial charge in [-0.15, -0.1) is 0 Å². The maximum Gasteiger partial charge on any atom is 0.269 e. The number of aromatic nitrogens is 2. The van der Waals surface area contributed by atoms with Crippen molar-refractivity contribution < 1.29 is 4.79 Å². The standard InChI is InChI=1S/C8H12N4O/c9-8(13)7-6-4-10-2-1-3-12(6)5-11-7/h5,10H,1-4H2,(H2,9,13). The first kappa shape index (κ1) is 8.25. The van der Waals surface area contributed by atoms with Crippen molar-refractivity contribution >= 4 is 5.91 Å². The predicted octanol–water partition coefficient (Wildman–Crippen LogP) is -0.525. The van der Waals surface area contributed by atoms with Gasteiger partial charge in [0.2, 0.25) is 0 Å². The van der Waals surface area contributed by atoms with Crippen LogP contribution in [0.25, 0.3) is 0 Å². The normalized spacial score (nSPS) is 16.3. The molecule has 0 fully saturated rings. The van der Waals surface area contributed by atoms with Crippen molar-refractivity contribution in [3.05, 3.63) is 17.7 Å². The van der Waals surface area contributed by atoms with Crippen LogP contribution in [0.5, 0.6) is 0 Å². The van der Waals surface area contributed by atoms with Crippen LogP contribution in [0.1, 0.15) is 22.6 Å². The molecule has 0 aromatic carbocycles. The molecule has 1 aliphatic rings. The molecule has 3 N–H and O–H groups in total. The second kappa shape index (κ2) is 3.18. The Morgan fingerprint density at radius 2 is 2.54 bits per heavy atom. The Morgan fingerprint density at radius 3 is 3.31 bits per heavy atom. The van der Waals surface area contributed by atoms with Gasteiger partial charge in [0, 0.05) is 13.1 Å². The van der Waals surface area contributed by atoms with E-state index in [1.807, 2.05) is 4.57 Å². The third kappa shape index (κ3) is 1.42. The van der Waals surface area contributed by atoms with E-state index < -0.39 is 5.91 Å². The molecular weight excluding hydrogens is 168 g/mol. The number of imidazole rings is 1. The number of nitrogens with zero attached hydrogens (tertiary/aromatic N) is 2. The molecule has 0 unspecified atom stereocenters. The summed E-state index contributed by atoms with van der Waals surface area (Å²) >= 11 is 0. The second-order valence-electron chi connectivity index (χ2n) is 3.13. The molecule has 0 radical (unpaired) electrons. The number of hydrogen-bond donors (Lipinski definition) is 2. The smallest absolute Gasteiger partial charge is 0.269 e. The number of aryl methyl sites for hydroxylation is 1. The number of carbonyl (C=O) groups is 1. The van der Waals surface area contributed by atoms with E-state index in [2.05, 4.69) is 10.3 Å². The zero-order chi connectivity index (χ0) is 9.26. The summed E-state index contributed by atoms with van der Waals surface area (Å²) in [6.07, 6.45) is 2.74. The summed E-state index contributed by atoms with van der Waals surface area (Å²) in [6, 6.07) is 0. The average molecular weight is 180 g/mol. The van der Waals surface area contributed by atoms with E-state index in [4.69, 9.17) is 5.73 Å². The SMILES string of the molecule is NC(=O)c1ncn2c1CNCCC2. The lowest BCUT2D eigenvalue weighted by Gasteiger charge is -2.02. The van der Waals surface area contributed by atoms with Crippen molar-refractivity contribution in [1.82, 2.24) is 14.9 Å². The quantitative estimate of drug-likeness (QED) is 0.610. The van der Waals surface area contributed by atoms with Crippen molar-refractivity contribution in [3.8, 4) is 0 Å². The average Bonchev–Trinajstić information content (AvgIpc) is 2.36. The lowest BCUT2D eigenvalue weighted by atomic mass is 10.3. The van der Waals surface area contributed by atoms with E-state index >= 15 is 0 Å². The van der Waals surface area contributed by atoms with Gasteiger partial charge in [0.25, 0.3) is 5.91 Å². The maximum atomic E-state index is 11.0. The molecule has 0 bridgehead atoms. The van der Waals surface area contributed by atoms with Crippen LogP contribution in [0.2, 0.25) is 0 Å². The van der Waals surface area contributed by atoms with Gasteiger partial charge in [0.1, 0.15) is 5.69 Å². The molecule has 5 nitrogen and oxygen atoms in total. The zero-order valence-electron chi connectivity index (χ0n) is 7.29. The molecule has 0 saturated heterocycles. The van der Waals surface area contributed by atoms with Crippen LogP contribution >= 0.6 is 0 Å². The van der Waals surface area contributed by atoms with E-state index in [9.17, 15) is 4.79 Å². The molecule has 2 rings (SSSR count). The highest BCUT2D eigenvalue weighted by molar-refractivity contribution is 5.91. The fourth-order valence-corrected chi connectivity index (χ4v) is 1.57. The number of carbonyl (C=O) groups excluding carboxylic acids is 1. The van der Waals surface area contributed by atoms with Crippen LogP contribution in [0, 0.1) is 0 Å². The third-order valence-electron chi connectivity index (χ3n) is 2.22. The van der Waals surface area contributed by atoms with E-state index in [0.29, 0.717) is 12.2 Å². The topological polar surface area (TPSA) is 72.9 Å². The summed E-state index contributed by atoms with van der Waals surface area (Å²) < 4.78 is 1.99. The summed E-state index contributed by atoms with van der Waals surface area (Å²) in [5, 5.41) is 3.22. The third-order valence-corrected chi connectivity index (χ3v) is 2.22. The molecule has 1 amide bonds. The Morgan fingerprint density at radius 1 is 1.69 bits per heavy atom. The summed E-state index contributed by atoms with van der Waals surface area (Å²) in [5.41, 5.74) is 6.50. The Labute approximate surface area is 75.9 Å². The number of fused-ring (bicyclic) bond motifs is 1. The summed E-state index contributed by atoms with van der Waals surface area (Å²) in [6.45, 7) is 2.56. The minimum Gasteiger partial charge on any atom is -0.364 e. The van der Waals surface area contributed by atoms with Gasteiger partial charge in [-0.05, 0) is 13.0 Å². The highest BCUT2D eigenvalue weighted by Crippen LogP contribution is 2.10. The van der Waals surface area contributed by atoms with Gasteiger partial charge >= 0.3 is 0 Å². The second-order valence-corrected chi connectivity index (χ2v) is 3.13. The number of nitrogens with one attached hydrogen (secondary N) is 1. The van der Waals surface area contributed by atoms with Crippen molar-refractivity contribution in [1.29, 1.82) is 0 Å².